The van der Waals surface area contributed by atoms with Gasteiger partial charge in [-0.05, 0) is 12.5 Å². The van der Waals surface area contributed by atoms with Crippen molar-refractivity contribution in [2.75, 3.05) is 43.7 Å². The van der Waals surface area contributed by atoms with Crippen LogP contribution in [-0.2, 0) is 16.1 Å². The van der Waals surface area contributed by atoms with Crippen LogP contribution in [0, 0.1) is 11.6 Å². The summed E-state index contributed by atoms with van der Waals surface area (Å²) in [5, 5.41) is 6.68. The molecule has 1 saturated heterocycles. The van der Waals surface area contributed by atoms with E-state index in [1.54, 1.807) is 31.4 Å². The minimum absolute atomic E-state index is 0.0202. The SMILES string of the molecule is CO[C@@H]1CCN(c2cc3c(cc2F)N(C)C(=O)[C@@H](NC(=O)c2ncn(Cc4ccccc4F)n2)CO3)C1. The molecule has 2 aromatic carbocycles. The predicted octanol–water partition coefficient (Wildman–Crippen LogP) is 1.98. The number of nitrogens with zero attached hydrogens (tertiary/aromatic N) is 5. The highest BCUT2D eigenvalue weighted by Gasteiger charge is 2.33. The number of likely N-dealkylation sites (N-methyl/N-ethyl adjacent to an activating group) is 1. The van der Waals surface area contributed by atoms with Gasteiger partial charge in [0.1, 0.15) is 36.4 Å². The standard InChI is InChI=1S/C25H26F2N6O4/c1-31-21-9-18(27)20(32-8-7-16(12-32)36-2)10-22(21)37-13-19(25(31)35)29-24(34)23-28-14-33(30-23)11-15-5-3-4-6-17(15)26/h3-6,9-10,14,16,19H,7-8,11-13H2,1-2H3,(H,29,34)/t16-,19+/m1/s1. The van der Waals surface area contributed by atoms with Crippen LogP contribution in [0.15, 0.2) is 42.7 Å². The molecule has 12 heteroatoms. The second-order valence-corrected chi connectivity index (χ2v) is 8.96. The molecule has 1 aromatic heterocycles. The highest BCUT2D eigenvalue weighted by atomic mass is 19.1. The minimum atomic E-state index is -1.06. The van der Waals surface area contributed by atoms with Gasteiger partial charge in [-0.3, -0.25) is 9.59 Å². The third-order valence-corrected chi connectivity index (χ3v) is 6.58. The van der Waals surface area contributed by atoms with Crippen molar-refractivity contribution in [3.8, 4) is 5.75 Å². The van der Waals surface area contributed by atoms with E-state index in [0.717, 1.165) is 6.42 Å². The van der Waals surface area contributed by atoms with Gasteiger partial charge in [0.05, 0.1) is 24.0 Å². The van der Waals surface area contributed by atoms with Crippen LogP contribution in [0.25, 0.3) is 0 Å². The Balaban J connectivity index is 1.29. The van der Waals surface area contributed by atoms with Crippen LogP contribution in [0.5, 0.6) is 5.75 Å². The smallest absolute Gasteiger partial charge is 0.291 e. The number of nitrogens with one attached hydrogen (secondary N) is 1. The van der Waals surface area contributed by atoms with E-state index in [1.807, 2.05) is 4.90 Å². The number of hydrogen-bond donors (Lipinski definition) is 1. The molecule has 0 spiro atoms. The number of carbonyl (C=O) groups is 2. The highest BCUT2D eigenvalue weighted by molar-refractivity contribution is 6.02. The zero-order valence-electron chi connectivity index (χ0n) is 20.4. The zero-order valence-corrected chi connectivity index (χ0v) is 20.4. The maximum absolute atomic E-state index is 15.0. The van der Waals surface area contributed by atoms with E-state index in [-0.39, 0.29) is 30.8 Å². The van der Waals surface area contributed by atoms with Crippen molar-refractivity contribution in [1.29, 1.82) is 0 Å². The van der Waals surface area contributed by atoms with Gasteiger partial charge in [-0.15, -0.1) is 5.10 Å². The van der Waals surface area contributed by atoms with Gasteiger partial charge in [0.15, 0.2) is 0 Å². The topological polar surface area (TPSA) is 102 Å². The molecule has 2 aliphatic heterocycles. The third kappa shape index (κ3) is 4.96. The Morgan fingerprint density at radius 2 is 2.03 bits per heavy atom. The lowest BCUT2D eigenvalue weighted by molar-refractivity contribution is -0.120. The van der Waals surface area contributed by atoms with E-state index >= 15 is 4.39 Å². The average molecular weight is 513 g/mol. The quantitative estimate of drug-likeness (QED) is 0.539. The molecule has 1 fully saturated rings. The predicted molar refractivity (Wildman–Crippen MR) is 130 cm³/mol. The van der Waals surface area contributed by atoms with Gasteiger partial charge in [0.2, 0.25) is 5.82 Å². The Labute approximate surface area is 211 Å². The summed E-state index contributed by atoms with van der Waals surface area (Å²) in [4.78, 5) is 33.0. The van der Waals surface area contributed by atoms with Gasteiger partial charge in [-0.25, -0.2) is 18.4 Å². The van der Waals surface area contributed by atoms with Crippen molar-refractivity contribution in [3.05, 3.63) is 65.7 Å². The maximum Gasteiger partial charge on any atom is 0.291 e. The van der Waals surface area contributed by atoms with Gasteiger partial charge >= 0.3 is 0 Å². The van der Waals surface area contributed by atoms with Gasteiger partial charge in [0, 0.05) is 44.9 Å². The summed E-state index contributed by atoms with van der Waals surface area (Å²) in [5.74, 6) is -1.89. The summed E-state index contributed by atoms with van der Waals surface area (Å²) in [5.41, 5.74) is 1.02. The maximum atomic E-state index is 15.0. The number of anilines is 2. The Bertz CT molecular complexity index is 1330. The van der Waals surface area contributed by atoms with Gasteiger partial charge in [-0.1, -0.05) is 18.2 Å². The van der Waals surface area contributed by atoms with Crippen LogP contribution in [-0.4, -0.2) is 72.6 Å². The fourth-order valence-corrected chi connectivity index (χ4v) is 4.49. The van der Waals surface area contributed by atoms with Crippen LogP contribution in [0.2, 0.25) is 0 Å². The lowest BCUT2D eigenvalue weighted by atomic mass is 10.2. The number of halogens is 2. The number of fused-ring (bicyclic) bond motifs is 1. The number of hydrogen-bond acceptors (Lipinski definition) is 7. The van der Waals surface area contributed by atoms with Crippen molar-refractivity contribution in [2.24, 2.45) is 0 Å². The molecule has 3 aromatic rings. The molecule has 2 amide bonds. The largest absolute Gasteiger partial charge is 0.489 e. The normalized spacial score (nSPS) is 19.4. The van der Waals surface area contributed by atoms with Crippen molar-refractivity contribution >= 4 is 23.2 Å². The lowest BCUT2D eigenvalue weighted by Gasteiger charge is -2.23. The van der Waals surface area contributed by atoms with E-state index in [1.165, 1.54) is 35.1 Å². The Kier molecular flexibility index (Phi) is 6.74. The fourth-order valence-electron chi connectivity index (χ4n) is 4.49. The number of benzene rings is 2. The first kappa shape index (κ1) is 24.6. The number of amides is 2. The second kappa shape index (κ2) is 10.1. The van der Waals surface area contributed by atoms with Crippen LogP contribution < -0.4 is 19.9 Å². The van der Waals surface area contributed by atoms with Crippen molar-refractivity contribution in [1.82, 2.24) is 20.1 Å². The number of aromatic nitrogens is 3. The molecule has 1 N–H and O–H groups in total. The molecular weight excluding hydrogens is 486 g/mol. The first-order valence-corrected chi connectivity index (χ1v) is 11.8. The zero-order chi connectivity index (χ0) is 26.1. The lowest BCUT2D eigenvalue weighted by Crippen LogP contribution is -2.49. The number of methoxy groups -OCH3 is 1. The molecule has 3 heterocycles. The highest BCUT2D eigenvalue weighted by Crippen LogP contribution is 2.37. The summed E-state index contributed by atoms with van der Waals surface area (Å²) in [7, 11) is 3.12. The van der Waals surface area contributed by atoms with Crippen molar-refractivity contribution in [2.45, 2.75) is 25.1 Å². The number of rotatable bonds is 6. The molecule has 0 aliphatic carbocycles. The van der Waals surface area contributed by atoms with Gasteiger partial charge in [-0.2, -0.15) is 0 Å². The van der Waals surface area contributed by atoms with Gasteiger partial charge < -0.3 is 24.6 Å². The Morgan fingerprint density at radius 3 is 2.78 bits per heavy atom. The molecule has 0 radical (unpaired) electrons. The third-order valence-electron chi connectivity index (χ3n) is 6.58. The van der Waals surface area contributed by atoms with E-state index in [2.05, 4.69) is 15.4 Å². The van der Waals surface area contributed by atoms with E-state index in [0.29, 0.717) is 30.1 Å². The molecule has 0 bridgehead atoms. The number of carbonyl (C=O) groups excluding carboxylic acids is 2. The number of ether oxygens (including phenoxy) is 2. The molecule has 5 rings (SSSR count). The molecule has 0 saturated carbocycles. The molecule has 194 valence electrons. The molecule has 10 nitrogen and oxygen atoms in total. The first-order valence-electron chi connectivity index (χ1n) is 11.8. The second-order valence-electron chi connectivity index (χ2n) is 8.96. The van der Waals surface area contributed by atoms with Crippen LogP contribution >= 0.6 is 0 Å². The van der Waals surface area contributed by atoms with Crippen molar-refractivity contribution in [3.63, 3.8) is 0 Å². The Morgan fingerprint density at radius 1 is 1.22 bits per heavy atom. The van der Waals surface area contributed by atoms with Crippen LogP contribution in [0.4, 0.5) is 20.2 Å². The minimum Gasteiger partial charge on any atom is -0.489 e. The molecule has 2 atom stereocenters. The summed E-state index contributed by atoms with van der Waals surface area (Å²) >= 11 is 0. The molecule has 0 unspecified atom stereocenters. The first-order chi connectivity index (χ1) is 17.8. The molecule has 2 aliphatic rings. The average Bonchev–Trinajstić information content (AvgIpc) is 3.55. The van der Waals surface area contributed by atoms with Crippen molar-refractivity contribution < 1.29 is 27.8 Å². The summed E-state index contributed by atoms with van der Waals surface area (Å²) in [6, 6.07) is 8.01. The Hall–Kier alpha value is -4.06. The van der Waals surface area contributed by atoms with E-state index in [9.17, 15) is 14.0 Å². The monoisotopic (exact) mass is 512 g/mol. The van der Waals surface area contributed by atoms with Gasteiger partial charge in [0.25, 0.3) is 11.8 Å². The molecular formula is C25H26F2N6O4. The van der Waals surface area contributed by atoms with Crippen LogP contribution in [0.3, 0.4) is 0 Å². The summed E-state index contributed by atoms with van der Waals surface area (Å²) in [6.07, 6.45) is 2.11. The molecule has 37 heavy (non-hydrogen) atoms. The van der Waals surface area contributed by atoms with E-state index in [4.69, 9.17) is 9.47 Å². The summed E-state index contributed by atoms with van der Waals surface area (Å²) in [6.45, 7) is 1.12. The fraction of sp³-hybridized carbons (Fsp3) is 0.360. The van der Waals surface area contributed by atoms with E-state index < -0.39 is 29.5 Å². The summed E-state index contributed by atoms with van der Waals surface area (Å²) < 4.78 is 41.5. The van der Waals surface area contributed by atoms with Crippen LogP contribution in [0.1, 0.15) is 22.6 Å².